The van der Waals surface area contributed by atoms with Gasteiger partial charge in [-0.1, -0.05) is 43.9 Å². The topological polar surface area (TPSA) is 83.3 Å². The molecule has 0 amide bonds. The Bertz CT molecular complexity index is 2000. The molecule has 2 saturated carbocycles. The summed E-state index contributed by atoms with van der Waals surface area (Å²) in [5.41, 5.74) is 7.41. The monoisotopic (exact) mass is 747 g/mol. The number of aromatic nitrogens is 2. The molecule has 286 valence electrons. The number of hydrogen-bond donors (Lipinski definition) is 1. The van der Waals surface area contributed by atoms with Crippen LogP contribution in [0.25, 0.3) is 11.0 Å². The van der Waals surface area contributed by atoms with Crippen LogP contribution in [0.2, 0.25) is 25.7 Å². The van der Waals surface area contributed by atoms with Crippen molar-refractivity contribution in [2.24, 2.45) is 5.41 Å². The lowest BCUT2D eigenvalue weighted by Gasteiger charge is -2.56. The number of anilines is 3. The molecule has 9 nitrogen and oxygen atoms in total. The molecule has 54 heavy (non-hydrogen) atoms. The standard InChI is InChI=1S/C44H57N5O4Si/c1-54(2,3)25-24-52-30-47-20-15-32-26-40-42(45-41(32)47)53-23-7-19-49(40)39-27-33(13-14-37(39)43(50)51)46-21-16-44(17-22-46)28-34(29-44)48-18-6-10-38(48)36-9-5-4-8-35(36)31-11-12-31/h4-5,8-9,13-15,20,26-27,31,34,38H,6-7,10-12,16-19,21-25,28-30H2,1-3H3,(H,50,51). The van der Waals surface area contributed by atoms with Gasteiger partial charge in [0.05, 0.1) is 17.9 Å². The van der Waals surface area contributed by atoms with Crippen LogP contribution >= 0.6 is 0 Å². The predicted octanol–water partition coefficient (Wildman–Crippen LogP) is 9.43. The summed E-state index contributed by atoms with van der Waals surface area (Å²) in [7, 11) is -1.18. The number of fused-ring (bicyclic) bond motifs is 2. The normalized spacial score (nSPS) is 21.9. The van der Waals surface area contributed by atoms with E-state index in [1.807, 2.05) is 16.8 Å². The van der Waals surface area contributed by atoms with E-state index in [0.29, 0.717) is 54.5 Å². The fourth-order valence-corrected chi connectivity index (χ4v) is 10.6. The first-order valence-corrected chi connectivity index (χ1v) is 24.3. The van der Waals surface area contributed by atoms with Crippen molar-refractivity contribution in [2.45, 2.75) is 108 Å². The van der Waals surface area contributed by atoms with Crippen molar-refractivity contribution in [1.29, 1.82) is 0 Å². The molecule has 4 aromatic rings. The molecule has 1 spiro atoms. The lowest BCUT2D eigenvalue weighted by atomic mass is 9.59. The second kappa shape index (κ2) is 14.3. The van der Waals surface area contributed by atoms with Gasteiger partial charge in [0.15, 0.2) is 0 Å². The minimum absolute atomic E-state index is 0.304. The van der Waals surface area contributed by atoms with E-state index in [-0.39, 0.29) is 0 Å². The Labute approximate surface area is 321 Å². The maximum Gasteiger partial charge on any atom is 0.337 e. The molecule has 1 atom stereocenters. The van der Waals surface area contributed by atoms with E-state index < -0.39 is 14.0 Å². The number of aromatic carboxylic acids is 1. The van der Waals surface area contributed by atoms with E-state index >= 15 is 0 Å². The molecule has 2 aliphatic carbocycles. The Morgan fingerprint density at radius 1 is 0.944 bits per heavy atom. The van der Waals surface area contributed by atoms with E-state index in [1.165, 1.54) is 57.9 Å². The van der Waals surface area contributed by atoms with Crippen LogP contribution in [0, 0.1) is 5.41 Å². The first-order valence-electron chi connectivity index (χ1n) is 20.6. The highest BCUT2D eigenvalue weighted by atomic mass is 28.3. The molecule has 2 aromatic heterocycles. The van der Waals surface area contributed by atoms with Crippen LogP contribution in [-0.2, 0) is 11.5 Å². The first kappa shape index (κ1) is 35.8. The highest BCUT2D eigenvalue weighted by molar-refractivity contribution is 6.76. The second-order valence-electron chi connectivity index (χ2n) is 18.1. The number of pyridine rings is 1. The van der Waals surface area contributed by atoms with Gasteiger partial charge in [-0.3, -0.25) is 4.90 Å². The third-order valence-electron chi connectivity index (χ3n) is 13.1. The average Bonchev–Trinajstić information content (AvgIpc) is 3.82. The summed E-state index contributed by atoms with van der Waals surface area (Å²) in [4.78, 5) is 25.2. The molecule has 4 fully saturated rings. The Hall–Kier alpha value is -3.86. The number of likely N-dealkylation sites (tertiary alicyclic amines) is 1. The van der Waals surface area contributed by atoms with Crippen molar-refractivity contribution >= 4 is 42.1 Å². The smallest absolute Gasteiger partial charge is 0.337 e. The zero-order chi connectivity index (χ0) is 37.0. The zero-order valence-corrected chi connectivity index (χ0v) is 33.4. The molecule has 5 heterocycles. The number of ether oxygens (including phenoxy) is 2. The van der Waals surface area contributed by atoms with Crippen molar-refractivity contribution < 1.29 is 19.4 Å². The summed E-state index contributed by atoms with van der Waals surface area (Å²) < 4.78 is 14.3. The molecule has 0 bridgehead atoms. The van der Waals surface area contributed by atoms with Crippen molar-refractivity contribution in [3.63, 3.8) is 0 Å². The van der Waals surface area contributed by atoms with Gasteiger partial charge in [0.25, 0.3) is 0 Å². The molecular weight excluding hydrogens is 691 g/mol. The second-order valence-corrected chi connectivity index (χ2v) is 23.7. The van der Waals surface area contributed by atoms with Crippen LogP contribution in [0.15, 0.2) is 60.8 Å². The zero-order valence-electron chi connectivity index (χ0n) is 32.4. The van der Waals surface area contributed by atoms with Gasteiger partial charge in [-0.05, 0) is 123 Å². The molecular formula is C44H57N5O4Si. The van der Waals surface area contributed by atoms with Crippen LogP contribution in [-0.4, -0.2) is 79.0 Å². The van der Waals surface area contributed by atoms with Crippen LogP contribution in [0.4, 0.5) is 17.1 Å². The molecule has 1 N–H and O–H groups in total. The van der Waals surface area contributed by atoms with Gasteiger partial charge >= 0.3 is 5.97 Å². The third kappa shape index (κ3) is 7.05. The molecule has 2 aromatic carbocycles. The molecule has 0 radical (unpaired) electrons. The number of nitrogens with zero attached hydrogens (tertiary/aromatic N) is 5. The molecule has 10 heteroatoms. The van der Waals surface area contributed by atoms with Crippen molar-refractivity contribution in [1.82, 2.24) is 14.5 Å². The fourth-order valence-electron chi connectivity index (χ4n) is 9.88. The third-order valence-corrected chi connectivity index (χ3v) is 14.8. The lowest BCUT2D eigenvalue weighted by molar-refractivity contribution is -0.0227. The minimum atomic E-state index is -1.18. The summed E-state index contributed by atoms with van der Waals surface area (Å²) in [5.74, 6) is 0.417. The van der Waals surface area contributed by atoms with Crippen LogP contribution in [0.3, 0.4) is 0 Å². The molecule has 2 saturated heterocycles. The van der Waals surface area contributed by atoms with E-state index in [2.05, 4.69) is 76.8 Å². The van der Waals surface area contributed by atoms with Gasteiger partial charge in [-0.2, -0.15) is 4.98 Å². The Balaban J connectivity index is 0.899. The molecule has 9 rings (SSSR count). The minimum Gasteiger partial charge on any atom is -0.478 e. The van der Waals surface area contributed by atoms with Gasteiger partial charge in [0, 0.05) is 63.7 Å². The van der Waals surface area contributed by atoms with E-state index in [1.54, 1.807) is 17.2 Å². The average molecular weight is 748 g/mol. The number of benzene rings is 2. The summed E-state index contributed by atoms with van der Waals surface area (Å²) in [6.07, 6.45) is 13.1. The number of hydrogen-bond acceptors (Lipinski definition) is 7. The van der Waals surface area contributed by atoms with Crippen molar-refractivity contribution in [3.8, 4) is 5.88 Å². The molecule has 1 unspecified atom stereocenters. The maximum absolute atomic E-state index is 12.7. The number of carboxylic acids is 1. The maximum atomic E-state index is 12.7. The summed E-state index contributed by atoms with van der Waals surface area (Å²) in [6, 6.07) is 21.8. The number of carboxylic acid groups (broad SMARTS) is 1. The fraction of sp³-hybridized carbons (Fsp3) is 0.545. The Morgan fingerprint density at radius 2 is 1.74 bits per heavy atom. The predicted molar refractivity (Wildman–Crippen MR) is 218 cm³/mol. The first-order chi connectivity index (χ1) is 26.1. The highest BCUT2D eigenvalue weighted by Crippen LogP contribution is 2.55. The molecule has 3 aliphatic heterocycles. The number of piperidine rings is 1. The van der Waals surface area contributed by atoms with Crippen LogP contribution < -0.4 is 14.5 Å². The van der Waals surface area contributed by atoms with Gasteiger partial charge in [-0.15, -0.1) is 0 Å². The number of rotatable bonds is 11. The van der Waals surface area contributed by atoms with Gasteiger partial charge in [0.2, 0.25) is 5.88 Å². The SMILES string of the molecule is C[Si](C)(C)CCOCn1ccc2cc3c(nc21)OCCCN3c1cc(N2CCC3(CC2)CC(N2CCCC2c2ccccc2C2CC2)C3)ccc1C(=O)O. The number of carbonyl (C=O) groups is 1. The Morgan fingerprint density at radius 3 is 2.50 bits per heavy atom. The largest absolute Gasteiger partial charge is 0.478 e. The summed E-state index contributed by atoms with van der Waals surface area (Å²) >= 11 is 0. The lowest BCUT2D eigenvalue weighted by Crippen LogP contribution is -2.54. The Kier molecular flexibility index (Phi) is 9.50. The van der Waals surface area contributed by atoms with E-state index in [0.717, 1.165) is 60.5 Å². The van der Waals surface area contributed by atoms with Crippen molar-refractivity contribution in [3.05, 3.63) is 77.5 Å². The van der Waals surface area contributed by atoms with Gasteiger partial charge < -0.3 is 28.9 Å². The highest BCUT2D eigenvalue weighted by Gasteiger charge is 2.50. The summed E-state index contributed by atoms with van der Waals surface area (Å²) in [6.45, 7) is 12.7. The van der Waals surface area contributed by atoms with Crippen molar-refractivity contribution in [2.75, 3.05) is 49.2 Å². The molecule has 5 aliphatic rings. The quantitative estimate of drug-likeness (QED) is 0.120. The van der Waals surface area contributed by atoms with E-state index in [9.17, 15) is 9.90 Å². The van der Waals surface area contributed by atoms with E-state index in [4.69, 9.17) is 14.5 Å². The van der Waals surface area contributed by atoms with Crippen LogP contribution in [0.1, 0.15) is 91.2 Å². The van der Waals surface area contributed by atoms with Gasteiger partial charge in [0.1, 0.15) is 18.1 Å². The summed E-state index contributed by atoms with van der Waals surface area (Å²) in [5, 5.41) is 11.4. The van der Waals surface area contributed by atoms with Crippen LogP contribution in [0.5, 0.6) is 5.88 Å². The van der Waals surface area contributed by atoms with Gasteiger partial charge in [-0.25, -0.2) is 4.79 Å².